The van der Waals surface area contributed by atoms with E-state index < -0.39 is 5.60 Å². The van der Waals surface area contributed by atoms with Gasteiger partial charge in [0.15, 0.2) is 0 Å². The predicted octanol–water partition coefficient (Wildman–Crippen LogP) is 3.74. The molecule has 1 heterocycles. The molecule has 6 nitrogen and oxygen atoms in total. The number of rotatable bonds is 3. The second kappa shape index (κ2) is 7.40. The van der Waals surface area contributed by atoms with Crippen molar-refractivity contribution in [3.8, 4) is 5.75 Å². The monoisotopic (exact) mass is 358 g/mol. The molecule has 1 aliphatic carbocycles. The summed E-state index contributed by atoms with van der Waals surface area (Å²) in [4.78, 5) is 26.3. The number of benzene rings is 1. The van der Waals surface area contributed by atoms with Crippen molar-refractivity contribution in [3.05, 3.63) is 40.8 Å². The molecule has 0 aliphatic heterocycles. The van der Waals surface area contributed by atoms with Crippen molar-refractivity contribution >= 4 is 16.9 Å². The average Bonchev–Trinajstić information content (AvgIpc) is 2.55. The van der Waals surface area contributed by atoms with Gasteiger partial charge in [-0.2, -0.15) is 0 Å². The third-order valence-corrected chi connectivity index (χ3v) is 4.44. The summed E-state index contributed by atoms with van der Waals surface area (Å²) in [5.74, 6) is 0.770. The number of fused-ring (bicyclic) bond motifs is 1. The Labute approximate surface area is 152 Å². The van der Waals surface area contributed by atoms with Gasteiger partial charge in [0.1, 0.15) is 11.4 Å². The van der Waals surface area contributed by atoms with Crippen molar-refractivity contribution in [2.45, 2.75) is 64.2 Å². The number of carbonyl (C=O) groups excluding carboxylic acids is 1. The minimum absolute atomic E-state index is 0.0947. The number of aromatic nitrogens is 1. The molecule has 0 atom stereocenters. The van der Waals surface area contributed by atoms with Crippen LogP contribution >= 0.6 is 0 Å². The van der Waals surface area contributed by atoms with Crippen molar-refractivity contribution in [1.29, 1.82) is 0 Å². The molecule has 1 aliphatic rings. The van der Waals surface area contributed by atoms with E-state index >= 15 is 0 Å². The first-order chi connectivity index (χ1) is 12.3. The van der Waals surface area contributed by atoms with Crippen LogP contribution in [0.15, 0.2) is 35.3 Å². The van der Waals surface area contributed by atoms with Gasteiger partial charge >= 0.3 is 6.09 Å². The number of aromatic amines is 1. The molecule has 6 heteroatoms. The van der Waals surface area contributed by atoms with Crippen molar-refractivity contribution in [2.75, 3.05) is 0 Å². The fraction of sp³-hybridized carbons (Fsp3) is 0.500. The lowest BCUT2D eigenvalue weighted by atomic mass is 9.93. The van der Waals surface area contributed by atoms with Gasteiger partial charge in [-0.05, 0) is 76.1 Å². The van der Waals surface area contributed by atoms with E-state index in [4.69, 9.17) is 9.47 Å². The number of H-pyrrole nitrogens is 1. The summed E-state index contributed by atoms with van der Waals surface area (Å²) >= 11 is 0. The third-order valence-electron chi connectivity index (χ3n) is 4.44. The van der Waals surface area contributed by atoms with Crippen LogP contribution in [0, 0.1) is 0 Å². The summed E-state index contributed by atoms with van der Waals surface area (Å²) in [6, 6.07) is 7.52. The number of alkyl carbamates (subject to hydrolysis) is 1. The summed E-state index contributed by atoms with van der Waals surface area (Å²) < 4.78 is 11.4. The number of ether oxygens (including phenoxy) is 2. The molecule has 1 aromatic heterocycles. The highest BCUT2D eigenvalue weighted by Gasteiger charge is 2.25. The van der Waals surface area contributed by atoms with E-state index in [0.29, 0.717) is 5.39 Å². The summed E-state index contributed by atoms with van der Waals surface area (Å²) in [5.41, 5.74) is -0.579. The topological polar surface area (TPSA) is 80.4 Å². The Morgan fingerprint density at radius 3 is 2.58 bits per heavy atom. The largest absolute Gasteiger partial charge is 0.490 e. The standard InChI is InChI=1S/C20H26N2O4/c1-20(2,3)26-19(24)22-14-4-6-15(7-5-14)25-16-8-9-17-13(12-16)10-11-21-18(17)23/h8-12,14-15H,4-7H2,1-3H3,(H,21,23)(H,22,24)/t14-,15+. The highest BCUT2D eigenvalue weighted by atomic mass is 16.6. The molecule has 26 heavy (non-hydrogen) atoms. The van der Waals surface area contributed by atoms with E-state index in [1.807, 2.05) is 39.0 Å². The Morgan fingerprint density at radius 2 is 1.88 bits per heavy atom. The van der Waals surface area contributed by atoms with E-state index in [9.17, 15) is 9.59 Å². The first-order valence-electron chi connectivity index (χ1n) is 9.08. The Morgan fingerprint density at radius 1 is 1.15 bits per heavy atom. The van der Waals surface area contributed by atoms with Crippen molar-refractivity contribution in [2.24, 2.45) is 0 Å². The summed E-state index contributed by atoms with van der Waals surface area (Å²) in [7, 11) is 0. The smallest absolute Gasteiger partial charge is 0.407 e. The molecule has 1 aromatic carbocycles. The Bertz CT molecular complexity index is 830. The first kappa shape index (κ1) is 18.3. The number of carbonyl (C=O) groups is 1. The molecule has 0 spiro atoms. The van der Waals surface area contributed by atoms with E-state index in [-0.39, 0.29) is 23.8 Å². The lowest BCUT2D eigenvalue weighted by Crippen LogP contribution is -2.42. The Kier molecular flexibility index (Phi) is 5.20. The van der Waals surface area contributed by atoms with Crippen molar-refractivity contribution < 1.29 is 14.3 Å². The molecule has 0 saturated heterocycles. The van der Waals surface area contributed by atoms with E-state index in [0.717, 1.165) is 36.8 Å². The predicted molar refractivity (Wildman–Crippen MR) is 101 cm³/mol. The van der Waals surface area contributed by atoms with Crippen LogP contribution in [0.5, 0.6) is 5.75 Å². The summed E-state index contributed by atoms with van der Waals surface area (Å²) in [6.45, 7) is 5.57. The van der Waals surface area contributed by atoms with Crippen LogP contribution in [-0.4, -0.2) is 28.8 Å². The SMILES string of the molecule is CC(C)(C)OC(=O)N[C@H]1CC[C@@H](Oc2ccc3c(=O)[nH]ccc3c2)CC1. The zero-order valence-corrected chi connectivity index (χ0v) is 15.5. The highest BCUT2D eigenvalue weighted by molar-refractivity contribution is 5.82. The number of hydrogen-bond donors (Lipinski definition) is 2. The lowest BCUT2D eigenvalue weighted by Gasteiger charge is -2.30. The zero-order chi connectivity index (χ0) is 18.7. The van der Waals surface area contributed by atoms with Gasteiger partial charge < -0.3 is 19.8 Å². The van der Waals surface area contributed by atoms with Gasteiger partial charge in [-0.3, -0.25) is 4.79 Å². The van der Waals surface area contributed by atoms with Gasteiger partial charge in [0.05, 0.1) is 6.10 Å². The zero-order valence-electron chi connectivity index (χ0n) is 15.5. The fourth-order valence-electron chi connectivity index (χ4n) is 3.24. The fourth-order valence-corrected chi connectivity index (χ4v) is 3.24. The maximum absolute atomic E-state index is 11.9. The van der Waals surface area contributed by atoms with Crippen LogP contribution < -0.4 is 15.6 Å². The quantitative estimate of drug-likeness (QED) is 0.876. The van der Waals surface area contributed by atoms with E-state index in [1.165, 1.54) is 0 Å². The van der Waals surface area contributed by atoms with Crippen molar-refractivity contribution in [3.63, 3.8) is 0 Å². The van der Waals surface area contributed by atoms with Gasteiger partial charge in [-0.1, -0.05) is 0 Å². The molecule has 140 valence electrons. The molecule has 0 bridgehead atoms. The molecule has 2 N–H and O–H groups in total. The van der Waals surface area contributed by atoms with Gasteiger partial charge in [0.2, 0.25) is 0 Å². The van der Waals surface area contributed by atoms with Gasteiger partial charge in [0.25, 0.3) is 5.56 Å². The Balaban J connectivity index is 1.53. The number of amides is 1. The molecule has 2 aromatic rings. The second-order valence-corrected chi connectivity index (χ2v) is 7.79. The van der Waals surface area contributed by atoms with Crippen LogP contribution in [0.25, 0.3) is 10.8 Å². The third kappa shape index (κ3) is 4.77. The van der Waals surface area contributed by atoms with Gasteiger partial charge in [-0.25, -0.2) is 4.79 Å². The molecule has 0 unspecified atom stereocenters. The second-order valence-electron chi connectivity index (χ2n) is 7.79. The molecular weight excluding hydrogens is 332 g/mol. The van der Waals surface area contributed by atoms with Crippen LogP contribution in [0.3, 0.4) is 0 Å². The normalized spacial score (nSPS) is 20.6. The first-order valence-corrected chi connectivity index (χ1v) is 9.08. The molecule has 1 fully saturated rings. The summed E-state index contributed by atoms with van der Waals surface area (Å²) in [5, 5.41) is 4.46. The number of hydrogen-bond acceptors (Lipinski definition) is 4. The lowest BCUT2D eigenvalue weighted by molar-refractivity contribution is 0.0471. The van der Waals surface area contributed by atoms with Crippen LogP contribution in [0.4, 0.5) is 4.79 Å². The average molecular weight is 358 g/mol. The number of pyridine rings is 1. The van der Waals surface area contributed by atoms with Gasteiger partial charge in [0, 0.05) is 17.6 Å². The molecular formula is C20H26N2O4. The molecule has 1 saturated carbocycles. The van der Waals surface area contributed by atoms with Gasteiger partial charge in [-0.15, -0.1) is 0 Å². The number of nitrogens with one attached hydrogen (secondary N) is 2. The summed E-state index contributed by atoms with van der Waals surface area (Å²) in [6.07, 6.45) is 4.85. The van der Waals surface area contributed by atoms with Crippen LogP contribution in [-0.2, 0) is 4.74 Å². The van der Waals surface area contributed by atoms with E-state index in [2.05, 4.69) is 10.3 Å². The van der Waals surface area contributed by atoms with Crippen LogP contribution in [0.2, 0.25) is 0 Å². The Hall–Kier alpha value is -2.50. The minimum atomic E-state index is -0.484. The molecule has 0 radical (unpaired) electrons. The molecule has 3 rings (SSSR count). The minimum Gasteiger partial charge on any atom is -0.490 e. The van der Waals surface area contributed by atoms with Crippen LogP contribution in [0.1, 0.15) is 46.5 Å². The molecule has 1 amide bonds. The van der Waals surface area contributed by atoms with E-state index in [1.54, 1.807) is 12.3 Å². The maximum atomic E-state index is 11.9. The maximum Gasteiger partial charge on any atom is 0.407 e. The van der Waals surface area contributed by atoms with Crippen molar-refractivity contribution in [1.82, 2.24) is 10.3 Å². The highest BCUT2D eigenvalue weighted by Crippen LogP contribution is 2.26.